The van der Waals surface area contributed by atoms with E-state index in [0.29, 0.717) is 13.2 Å². The van der Waals surface area contributed by atoms with Crippen LogP contribution in [0.15, 0.2) is 36.9 Å². The van der Waals surface area contributed by atoms with Gasteiger partial charge in [0.1, 0.15) is 12.4 Å². The number of amides is 1. The van der Waals surface area contributed by atoms with E-state index in [1.807, 2.05) is 31.2 Å². The minimum Gasteiger partial charge on any atom is -0.489 e. The van der Waals surface area contributed by atoms with E-state index < -0.39 is 0 Å². The maximum Gasteiger partial charge on any atom is 0.236 e. The summed E-state index contributed by atoms with van der Waals surface area (Å²) in [6.45, 7) is 6.51. The maximum absolute atomic E-state index is 11.4. The third-order valence-electron chi connectivity index (χ3n) is 2.57. The predicted octanol–water partition coefficient (Wildman–Crippen LogP) is 1.48. The molecule has 1 atom stereocenters. The molecule has 1 aromatic rings. The van der Waals surface area contributed by atoms with Crippen molar-refractivity contribution in [3.05, 3.63) is 42.5 Å². The van der Waals surface area contributed by atoms with Crippen molar-refractivity contribution in [2.75, 3.05) is 13.7 Å². The molecule has 4 nitrogen and oxygen atoms in total. The summed E-state index contributed by atoms with van der Waals surface area (Å²) in [6, 6.07) is 7.52. The number of nitrogens with one attached hydrogen (secondary N) is 2. The molecule has 0 fully saturated rings. The first kappa shape index (κ1) is 14.3. The molecule has 1 rings (SSSR count). The van der Waals surface area contributed by atoms with Crippen LogP contribution in [0.25, 0.3) is 0 Å². The number of hydrogen-bond acceptors (Lipinski definition) is 3. The highest BCUT2D eigenvalue weighted by Gasteiger charge is 2.10. The van der Waals surface area contributed by atoms with E-state index in [1.54, 1.807) is 13.1 Å². The summed E-state index contributed by atoms with van der Waals surface area (Å²) < 4.78 is 5.55. The van der Waals surface area contributed by atoms with Crippen molar-refractivity contribution in [2.24, 2.45) is 0 Å². The topological polar surface area (TPSA) is 50.4 Å². The van der Waals surface area contributed by atoms with Crippen molar-refractivity contribution in [3.63, 3.8) is 0 Å². The van der Waals surface area contributed by atoms with Crippen LogP contribution in [0.5, 0.6) is 5.75 Å². The molecular weight excluding hydrogens is 228 g/mol. The Labute approximate surface area is 108 Å². The van der Waals surface area contributed by atoms with E-state index in [2.05, 4.69) is 17.2 Å². The molecule has 4 heteroatoms. The summed E-state index contributed by atoms with van der Waals surface area (Å²) in [7, 11) is 1.63. The highest BCUT2D eigenvalue weighted by molar-refractivity contribution is 5.80. The lowest BCUT2D eigenvalue weighted by Crippen LogP contribution is -2.40. The van der Waals surface area contributed by atoms with E-state index in [1.165, 1.54) is 0 Å². The number of carbonyl (C=O) groups is 1. The summed E-state index contributed by atoms with van der Waals surface area (Å²) in [5.41, 5.74) is 1.02. The lowest BCUT2D eigenvalue weighted by molar-refractivity contribution is -0.122. The number of benzene rings is 1. The zero-order valence-electron chi connectivity index (χ0n) is 10.9. The number of likely N-dealkylation sites (N-methyl/N-ethyl adjacent to an activating group) is 1. The number of rotatable bonds is 7. The van der Waals surface area contributed by atoms with E-state index >= 15 is 0 Å². The van der Waals surface area contributed by atoms with E-state index in [0.717, 1.165) is 11.3 Å². The molecule has 1 aromatic carbocycles. The second kappa shape index (κ2) is 7.50. The molecule has 0 aromatic heterocycles. The lowest BCUT2D eigenvalue weighted by atomic mass is 10.2. The smallest absolute Gasteiger partial charge is 0.236 e. The van der Waals surface area contributed by atoms with Crippen molar-refractivity contribution in [3.8, 4) is 5.75 Å². The summed E-state index contributed by atoms with van der Waals surface area (Å²) in [4.78, 5) is 11.4. The Hall–Kier alpha value is -1.81. The van der Waals surface area contributed by atoms with Gasteiger partial charge in [0.15, 0.2) is 0 Å². The summed E-state index contributed by atoms with van der Waals surface area (Å²) >= 11 is 0. The normalized spacial score (nSPS) is 11.7. The summed E-state index contributed by atoms with van der Waals surface area (Å²) in [5, 5.41) is 5.75. The fourth-order valence-electron chi connectivity index (χ4n) is 1.51. The van der Waals surface area contributed by atoms with Gasteiger partial charge in [-0.15, -0.1) is 0 Å². The Morgan fingerprint density at radius 3 is 2.89 bits per heavy atom. The average Bonchev–Trinajstić information content (AvgIpc) is 2.42. The molecule has 0 spiro atoms. The molecule has 0 aliphatic carbocycles. The molecule has 0 saturated heterocycles. The van der Waals surface area contributed by atoms with Gasteiger partial charge >= 0.3 is 0 Å². The van der Waals surface area contributed by atoms with Gasteiger partial charge in [-0.05, 0) is 13.0 Å². The summed E-state index contributed by atoms with van der Waals surface area (Å²) in [6.07, 6.45) is 1.71. The van der Waals surface area contributed by atoms with E-state index in [9.17, 15) is 4.79 Å². The molecule has 0 radical (unpaired) electrons. The molecular formula is C14H20N2O2. The first-order chi connectivity index (χ1) is 8.69. The van der Waals surface area contributed by atoms with Crippen LogP contribution in [0.4, 0.5) is 0 Å². The van der Waals surface area contributed by atoms with Crippen molar-refractivity contribution in [1.82, 2.24) is 10.6 Å². The third kappa shape index (κ3) is 4.22. The minimum absolute atomic E-state index is 0.0282. The molecule has 18 heavy (non-hydrogen) atoms. The fraction of sp³-hybridized carbons (Fsp3) is 0.357. The first-order valence-corrected chi connectivity index (χ1v) is 5.95. The third-order valence-corrected chi connectivity index (χ3v) is 2.57. The summed E-state index contributed by atoms with van der Waals surface area (Å²) in [5.74, 6) is 0.786. The number of carbonyl (C=O) groups excluding carboxylic acids is 1. The quantitative estimate of drug-likeness (QED) is 0.719. The zero-order chi connectivity index (χ0) is 13.4. The Morgan fingerprint density at radius 1 is 1.50 bits per heavy atom. The number of hydrogen-bond donors (Lipinski definition) is 2. The van der Waals surface area contributed by atoms with Gasteiger partial charge in [0.05, 0.1) is 6.04 Å². The van der Waals surface area contributed by atoms with Gasteiger partial charge in [0.2, 0.25) is 5.91 Å². The van der Waals surface area contributed by atoms with Crippen LogP contribution in [-0.4, -0.2) is 25.6 Å². The van der Waals surface area contributed by atoms with Crippen LogP contribution in [0, 0.1) is 0 Å². The second-order valence-electron chi connectivity index (χ2n) is 3.92. The maximum atomic E-state index is 11.4. The van der Waals surface area contributed by atoms with Crippen LogP contribution in [0.2, 0.25) is 0 Å². The zero-order valence-corrected chi connectivity index (χ0v) is 10.9. The van der Waals surface area contributed by atoms with Crippen molar-refractivity contribution in [2.45, 2.75) is 19.5 Å². The van der Waals surface area contributed by atoms with Crippen LogP contribution < -0.4 is 15.4 Å². The Balaban J connectivity index is 2.60. The second-order valence-corrected chi connectivity index (χ2v) is 3.92. The van der Waals surface area contributed by atoms with E-state index in [-0.39, 0.29) is 11.9 Å². The Bertz CT molecular complexity index is 405. The molecule has 0 heterocycles. The molecule has 1 amide bonds. The highest BCUT2D eigenvalue weighted by atomic mass is 16.5. The molecule has 0 saturated carbocycles. The van der Waals surface area contributed by atoms with Crippen LogP contribution in [0.1, 0.15) is 12.5 Å². The molecule has 2 N–H and O–H groups in total. The Morgan fingerprint density at radius 2 is 2.22 bits per heavy atom. The average molecular weight is 248 g/mol. The van der Waals surface area contributed by atoms with Crippen molar-refractivity contribution < 1.29 is 9.53 Å². The van der Waals surface area contributed by atoms with Gasteiger partial charge in [-0.25, -0.2) is 0 Å². The van der Waals surface area contributed by atoms with Gasteiger partial charge in [0, 0.05) is 19.2 Å². The van der Waals surface area contributed by atoms with Gasteiger partial charge < -0.3 is 15.4 Å². The van der Waals surface area contributed by atoms with Crippen molar-refractivity contribution in [1.29, 1.82) is 0 Å². The molecule has 1 unspecified atom stereocenters. The monoisotopic (exact) mass is 248 g/mol. The van der Waals surface area contributed by atoms with Crippen LogP contribution in [0.3, 0.4) is 0 Å². The molecule has 0 bridgehead atoms. The first-order valence-electron chi connectivity index (χ1n) is 5.95. The van der Waals surface area contributed by atoms with Gasteiger partial charge in [-0.2, -0.15) is 0 Å². The number of para-hydroxylation sites is 1. The highest BCUT2D eigenvalue weighted by Crippen LogP contribution is 2.17. The molecule has 0 aliphatic rings. The molecule has 98 valence electrons. The number of ether oxygens (including phenoxy) is 1. The standard InChI is InChI=1S/C14H20N2O2/c1-4-9-18-13-8-6-5-7-12(13)10-16-11(2)14(17)15-3/h4-8,11,16H,1,9-10H2,2-3H3,(H,15,17). The van der Waals surface area contributed by atoms with Gasteiger partial charge in [-0.3, -0.25) is 4.79 Å². The van der Waals surface area contributed by atoms with Crippen LogP contribution in [-0.2, 0) is 11.3 Å². The van der Waals surface area contributed by atoms with Crippen molar-refractivity contribution >= 4 is 5.91 Å². The SMILES string of the molecule is C=CCOc1ccccc1CNC(C)C(=O)NC. The largest absolute Gasteiger partial charge is 0.489 e. The van der Waals surface area contributed by atoms with Gasteiger partial charge in [-0.1, -0.05) is 30.9 Å². The van der Waals surface area contributed by atoms with Gasteiger partial charge in [0.25, 0.3) is 0 Å². The molecule has 0 aliphatic heterocycles. The lowest BCUT2D eigenvalue weighted by Gasteiger charge is -2.14. The Kier molecular flexibility index (Phi) is 5.94. The van der Waals surface area contributed by atoms with Crippen LogP contribution >= 0.6 is 0 Å². The fourth-order valence-corrected chi connectivity index (χ4v) is 1.51. The van der Waals surface area contributed by atoms with E-state index in [4.69, 9.17) is 4.74 Å². The predicted molar refractivity (Wildman–Crippen MR) is 72.5 cm³/mol. The minimum atomic E-state index is -0.234.